The molecule has 16 heavy (non-hydrogen) atoms. The number of nitrogens with one attached hydrogen (secondary N) is 1. The summed E-state index contributed by atoms with van der Waals surface area (Å²) in [6, 6.07) is 7.04. The van der Waals surface area contributed by atoms with Gasteiger partial charge in [-0.2, -0.15) is 0 Å². The van der Waals surface area contributed by atoms with Crippen molar-refractivity contribution in [3.8, 4) is 5.75 Å². The van der Waals surface area contributed by atoms with Crippen molar-refractivity contribution in [1.29, 1.82) is 0 Å². The third-order valence-corrected chi connectivity index (χ3v) is 1.99. The molecular weight excluding hydrogens is 206 g/mol. The monoisotopic (exact) mass is 223 g/mol. The molecule has 0 aliphatic carbocycles. The van der Waals surface area contributed by atoms with E-state index in [-0.39, 0.29) is 12.5 Å². The van der Waals surface area contributed by atoms with Gasteiger partial charge in [-0.25, -0.2) is 0 Å². The predicted molar refractivity (Wildman–Crippen MR) is 61.6 cm³/mol. The Morgan fingerprint density at radius 1 is 1.50 bits per heavy atom. The molecule has 0 aromatic heterocycles. The van der Waals surface area contributed by atoms with Crippen molar-refractivity contribution in [2.24, 2.45) is 0 Å². The third kappa shape index (κ3) is 3.55. The minimum atomic E-state index is -0.553. The summed E-state index contributed by atoms with van der Waals surface area (Å²) in [4.78, 5) is 11.7. The van der Waals surface area contributed by atoms with Crippen LogP contribution in [0.3, 0.4) is 0 Å². The lowest BCUT2D eigenvalue weighted by molar-refractivity contribution is 0.0920. The number of benzene rings is 1. The zero-order valence-electron chi connectivity index (χ0n) is 9.56. The van der Waals surface area contributed by atoms with Gasteiger partial charge in [-0.05, 0) is 26.0 Å². The number of aliphatic hydroxyl groups is 1. The summed E-state index contributed by atoms with van der Waals surface area (Å²) in [5.74, 6) is 0.332. The fourth-order valence-electron chi connectivity index (χ4n) is 1.27. The first-order valence-electron chi connectivity index (χ1n) is 5.33. The van der Waals surface area contributed by atoms with Crippen LogP contribution in [-0.2, 0) is 0 Å². The molecule has 4 nitrogen and oxygen atoms in total. The van der Waals surface area contributed by atoms with Crippen molar-refractivity contribution in [1.82, 2.24) is 5.32 Å². The number of para-hydroxylation sites is 1. The molecule has 1 aromatic carbocycles. The van der Waals surface area contributed by atoms with Crippen molar-refractivity contribution in [2.75, 3.05) is 13.2 Å². The van der Waals surface area contributed by atoms with Gasteiger partial charge < -0.3 is 15.2 Å². The molecular formula is C12H17NO3. The largest absolute Gasteiger partial charge is 0.493 e. The normalized spacial score (nSPS) is 11.9. The van der Waals surface area contributed by atoms with Crippen LogP contribution in [0.25, 0.3) is 0 Å². The van der Waals surface area contributed by atoms with Crippen LogP contribution in [0.15, 0.2) is 24.3 Å². The molecule has 1 amide bonds. The first kappa shape index (κ1) is 12.5. The summed E-state index contributed by atoms with van der Waals surface area (Å²) in [7, 11) is 0. The van der Waals surface area contributed by atoms with Crippen molar-refractivity contribution >= 4 is 5.91 Å². The van der Waals surface area contributed by atoms with Gasteiger partial charge >= 0.3 is 0 Å². The topological polar surface area (TPSA) is 58.6 Å². The minimum absolute atomic E-state index is 0.232. The lowest BCUT2D eigenvalue weighted by Crippen LogP contribution is -2.30. The first-order chi connectivity index (χ1) is 7.65. The summed E-state index contributed by atoms with van der Waals surface area (Å²) in [6.45, 7) is 4.24. The van der Waals surface area contributed by atoms with Crippen LogP contribution in [0.4, 0.5) is 0 Å². The molecule has 0 radical (unpaired) electrons. The van der Waals surface area contributed by atoms with Gasteiger partial charge in [-0.1, -0.05) is 12.1 Å². The lowest BCUT2D eigenvalue weighted by atomic mass is 10.2. The Morgan fingerprint density at radius 2 is 2.19 bits per heavy atom. The minimum Gasteiger partial charge on any atom is -0.493 e. The summed E-state index contributed by atoms with van der Waals surface area (Å²) in [6.07, 6.45) is -0.553. The van der Waals surface area contributed by atoms with Gasteiger partial charge in [0.05, 0.1) is 18.3 Å². The molecule has 1 aromatic rings. The highest BCUT2D eigenvalue weighted by molar-refractivity contribution is 5.96. The van der Waals surface area contributed by atoms with Crippen LogP contribution < -0.4 is 10.1 Å². The molecule has 0 aliphatic heterocycles. The van der Waals surface area contributed by atoms with E-state index in [0.717, 1.165) is 0 Å². The van der Waals surface area contributed by atoms with Gasteiger partial charge in [0.1, 0.15) is 5.75 Å². The number of rotatable bonds is 5. The summed E-state index contributed by atoms with van der Waals surface area (Å²) < 4.78 is 5.34. The fraction of sp³-hybridized carbons (Fsp3) is 0.417. The van der Waals surface area contributed by atoms with Crippen LogP contribution >= 0.6 is 0 Å². The molecule has 0 aliphatic rings. The van der Waals surface area contributed by atoms with Crippen LogP contribution in [-0.4, -0.2) is 30.3 Å². The molecule has 1 rings (SSSR count). The Bertz CT molecular complexity index is 350. The molecule has 2 N–H and O–H groups in total. The van der Waals surface area contributed by atoms with Crippen molar-refractivity contribution in [3.63, 3.8) is 0 Å². The molecule has 0 bridgehead atoms. The molecule has 0 unspecified atom stereocenters. The maximum atomic E-state index is 11.7. The number of amides is 1. The highest BCUT2D eigenvalue weighted by Gasteiger charge is 2.11. The van der Waals surface area contributed by atoms with Gasteiger partial charge in [0.2, 0.25) is 0 Å². The zero-order valence-corrected chi connectivity index (χ0v) is 9.56. The third-order valence-electron chi connectivity index (χ3n) is 1.99. The quantitative estimate of drug-likeness (QED) is 0.788. The first-order valence-corrected chi connectivity index (χ1v) is 5.33. The van der Waals surface area contributed by atoms with Gasteiger partial charge in [0.25, 0.3) is 5.91 Å². The summed E-state index contributed by atoms with van der Waals surface area (Å²) >= 11 is 0. The molecule has 1 atom stereocenters. The molecule has 0 heterocycles. The number of carbonyl (C=O) groups is 1. The Hall–Kier alpha value is -1.55. The maximum Gasteiger partial charge on any atom is 0.255 e. The Morgan fingerprint density at radius 3 is 2.81 bits per heavy atom. The average molecular weight is 223 g/mol. The zero-order chi connectivity index (χ0) is 12.0. The Balaban J connectivity index is 2.73. The van der Waals surface area contributed by atoms with E-state index in [1.807, 2.05) is 13.0 Å². The van der Waals surface area contributed by atoms with E-state index < -0.39 is 6.10 Å². The second-order valence-electron chi connectivity index (χ2n) is 3.49. The maximum absolute atomic E-state index is 11.7. The van der Waals surface area contributed by atoms with E-state index in [1.165, 1.54) is 0 Å². The van der Waals surface area contributed by atoms with Crippen molar-refractivity contribution in [2.45, 2.75) is 20.0 Å². The molecule has 0 fully saturated rings. The van der Waals surface area contributed by atoms with Crippen LogP contribution in [0, 0.1) is 0 Å². The second kappa shape index (κ2) is 6.12. The SMILES string of the molecule is CCOc1ccccc1C(=O)NC[C@H](C)O. The number of carbonyl (C=O) groups excluding carboxylic acids is 1. The molecule has 0 saturated heterocycles. The van der Waals surface area contributed by atoms with Crippen LogP contribution in [0.1, 0.15) is 24.2 Å². The smallest absolute Gasteiger partial charge is 0.255 e. The van der Waals surface area contributed by atoms with Gasteiger partial charge in [0, 0.05) is 6.54 Å². The van der Waals surface area contributed by atoms with E-state index in [2.05, 4.69) is 5.32 Å². The Labute approximate surface area is 95.2 Å². The van der Waals surface area contributed by atoms with E-state index in [9.17, 15) is 4.79 Å². The van der Waals surface area contributed by atoms with Gasteiger partial charge in [-0.3, -0.25) is 4.79 Å². The second-order valence-corrected chi connectivity index (χ2v) is 3.49. The van der Waals surface area contributed by atoms with Gasteiger partial charge in [-0.15, -0.1) is 0 Å². The average Bonchev–Trinajstić information content (AvgIpc) is 2.27. The fourth-order valence-corrected chi connectivity index (χ4v) is 1.27. The highest BCUT2D eigenvalue weighted by Crippen LogP contribution is 2.17. The number of aliphatic hydroxyl groups excluding tert-OH is 1. The van der Waals surface area contributed by atoms with Crippen LogP contribution in [0.2, 0.25) is 0 Å². The van der Waals surface area contributed by atoms with Gasteiger partial charge in [0.15, 0.2) is 0 Å². The standard InChI is InChI=1S/C12H17NO3/c1-3-16-11-7-5-4-6-10(11)12(15)13-8-9(2)14/h4-7,9,14H,3,8H2,1-2H3,(H,13,15)/t9-/m0/s1. The van der Waals surface area contributed by atoms with E-state index in [1.54, 1.807) is 25.1 Å². The van der Waals surface area contributed by atoms with E-state index >= 15 is 0 Å². The predicted octanol–water partition coefficient (Wildman–Crippen LogP) is 1.20. The molecule has 0 spiro atoms. The van der Waals surface area contributed by atoms with Crippen molar-refractivity contribution < 1.29 is 14.6 Å². The summed E-state index contributed by atoms with van der Waals surface area (Å²) in [5.41, 5.74) is 0.491. The lowest BCUT2D eigenvalue weighted by Gasteiger charge is -2.11. The highest BCUT2D eigenvalue weighted by atomic mass is 16.5. The van der Waals surface area contributed by atoms with Crippen LogP contribution in [0.5, 0.6) is 5.75 Å². The van der Waals surface area contributed by atoms with E-state index in [0.29, 0.717) is 17.9 Å². The Kier molecular flexibility index (Phi) is 4.79. The molecule has 4 heteroatoms. The number of hydrogen-bond donors (Lipinski definition) is 2. The van der Waals surface area contributed by atoms with Crippen molar-refractivity contribution in [3.05, 3.63) is 29.8 Å². The molecule has 88 valence electrons. The summed E-state index contributed by atoms with van der Waals surface area (Å²) in [5, 5.41) is 11.7. The van der Waals surface area contributed by atoms with E-state index in [4.69, 9.17) is 9.84 Å². The molecule has 0 saturated carbocycles. The number of hydrogen-bond acceptors (Lipinski definition) is 3. The number of ether oxygens (including phenoxy) is 1.